The number of nitrogens with two attached hydrogens (primary N) is 1. The Labute approximate surface area is 102 Å². The summed E-state index contributed by atoms with van der Waals surface area (Å²) in [5.74, 6) is 0.602. The van der Waals surface area contributed by atoms with Gasteiger partial charge in [-0.25, -0.2) is 0 Å². The van der Waals surface area contributed by atoms with Gasteiger partial charge < -0.3 is 11.1 Å². The third-order valence-electron chi connectivity index (χ3n) is 2.88. The summed E-state index contributed by atoms with van der Waals surface area (Å²) in [4.78, 5) is 11.8. The van der Waals surface area contributed by atoms with Crippen molar-refractivity contribution in [3.8, 4) is 0 Å². The van der Waals surface area contributed by atoms with E-state index in [0.29, 0.717) is 12.2 Å². The molecule has 1 atom stereocenters. The number of H-pyrrole nitrogens is 1. The molecule has 0 fully saturated rings. The topological polar surface area (TPSA) is 83.8 Å². The minimum absolute atomic E-state index is 0.0705. The molecule has 1 rings (SSSR count). The highest BCUT2D eigenvalue weighted by Crippen LogP contribution is 2.20. The second kappa shape index (κ2) is 5.31. The molecule has 0 aliphatic rings. The number of carbonyl (C=O) groups excluding carboxylic acids is 1. The fraction of sp³-hybridized carbons (Fsp3) is 0.667. The van der Waals surface area contributed by atoms with Crippen molar-refractivity contribution in [2.24, 2.45) is 11.1 Å². The first-order valence-electron chi connectivity index (χ1n) is 5.92. The Morgan fingerprint density at radius 1 is 1.59 bits per heavy atom. The lowest BCUT2D eigenvalue weighted by atomic mass is 9.85. The molecule has 0 saturated heterocycles. The Hall–Kier alpha value is -1.36. The Morgan fingerprint density at radius 3 is 2.76 bits per heavy atom. The van der Waals surface area contributed by atoms with Gasteiger partial charge in [-0.05, 0) is 11.8 Å². The van der Waals surface area contributed by atoms with Crippen LogP contribution in [-0.2, 0) is 11.2 Å². The van der Waals surface area contributed by atoms with Crippen LogP contribution in [0.4, 0.5) is 5.82 Å². The lowest BCUT2D eigenvalue weighted by molar-refractivity contribution is -0.117. The van der Waals surface area contributed by atoms with Gasteiger partial charge in [-0.3, -0.25) is 9.89 Å². The predicted molar refractivity (Wildman–Crippen MR) is 68.6 cm³/mol. The van der Waals surface area contributed by atoms with Gasteiger partial charge in [0.25, 0.3) is 0 Å². The van der Waals surface area contributed by atoms with Crippen molar-refractivity contribution < 1.29 is 4.79 Å². The van der Waals surface area contributed by atoms with Crippen LogP contribution in [0.2, 0.25) is 0 Å². The Kier molecular flexibility index (Phi) is 4.28. The summed E-state index contributed by atoms with van der Waals surface area (Å²) in [6, 6.07) is -0.157. The summed E-state index contributed by atoms with van der Waals surface area (Å²) >= 11 is 0. The summed E-state index contributed by atoms with van der Waals surface area (Å²) in [5.41, 5.74) is 6.90. The number of hydrogen-bond acceptors (Lipinski definition) is 3. The molecule has 1 aromatic rings. The maximum absolute atomic E-state index is 11.8. The maximum atomic E-state index is 11.8. The highest BCUT2D eigenvalue weighted by Gasteiger charge is 2.23. The average molecular weight is 238 g/mol. The molecule has 0 radical (unpaired) electrons. The summed E-state index contributed by atoms with van der Waals surface area (Å²) in [5, 5.41) is 9.49. The van der Waals surface area contributed by atoms with Crippen LogP contribution in [0.15, 0.2) is 6.20 Å². The molecule has 0 saturated carbocycles. The molecular weight excluding hydrogens is 216 g/mol. The van der Waals surface area contributed by atoms with E-state index >= 15 is 0 Å². The van der Waals surface area contributed by atoms with E-state index < -0.39 is 0 Å². The maximum Gasteiger partial charge on any atom is 0.227 e. The summed E-state index contributed by atoms with van der Waals surface area (Å²) in [6.07, 6.45) is 2.86. The summed E-state index contributed by atoms with van der Waals surface area (Å²) in [7, 11) is 0. The van der Waals surface area contributed by atoms with Gasteiger partial charge in [0, 0.05) is 18.0 Å². The molecule has 0 aromatic carbocycles. The average Bonchev–Trinajstić information content (AvgIpc) is 2.63. The predicted octanol–water partition coefficient (Wildman–Crippen LogP) is 1.67. The number of amides is 1. The SMILES string of the molecule is CCc1cn[nH]c1NC(=O)CC(N)C(C)(C)C. The lowest BCUT2D eigenvalue weighted by Crippen LogP contribution is -2.38. The van der Waals surface area contributed by atoms with Crippen molar-refractivity contribution in [2.75, 3.05) is 5.32 Å². The molecule has 5 heteroatoms. The second-order valence-corrected chi connectivity index (χ2v) is 5.35. The largest absolute Gasteiger partial charge is 0.327 e. The molecule has 1 amide bonds. The van der Waals surface area contributed by atoms with Gasteiger partial charge >= 0.3 is 0 Å². The van der Waals surface area contributed by atoms with Crippen LogP contribution >= 0.6 is 0 Å². The molecule has 0 aliphatic carbocycles. The zero-order valence-corrected chi connectivity index (χ0v) is 11.0. The normalized spacial score (nSPS) is 13.5. The monoisotopic (exact) mass is 238 g/mol. The molecule has 1 heterocycles. The minimum atomic E-state index is -0.157. The Morgan fingerprint density at radius 2 is 2.24 bits per heavy atom. The zero-order chi connectivity index (χ0) is 13.1. The number of hydrogen-bond donors (Lipinski definition) is 3. The molecule has 5 nitrogen and oxygen atoms in total. The van der Waals surface area contributed by atoms with E-state index in [1.165, 1.54) is 0 Å². The molecule has 1 unspecified atom stereocenters. The molecule has 0 bridgehead atoms. The number of nitrogens with one attached hydrogen (secondary N) is 2. The first kappa shape index (κ1) is 13.7. The van der Waals surface area contributed by atoms with Crippen molar-refractivity contribution in [1.29, 1.82) is 0 Å². The van der Waals surface area contributed by atoms with Crippen LogP contribution < -0.4 is 11.1 Å². The fourth-order valence-electron chi connectivity index (χ4n) is 1.38. The summed E-state index contributed by atoms with van der Waals surface area (Å²) < 4.78 is 0. The van der Waals surface area contributed by atoms with E-state index in [1.807, 2.05) is 27.7 Å². The lowest BCUT2D eigenvalue weighted by Gasteiger charge is -2.26. The Balaban J connectivity index is 2.56. The van der Waals surface area contributed by atoms with Crippen LogP contribution in [0.5, 0.6) is 0 Å². The molecule has 0 aliphatic heterocycles. The van der Waals surface area contributed by atoms with Crippen molar-refractivity contribution in [3.63, 3.8) is 0 Å². The van der Waals surface area contributed by atoms with Crippen molar-refractivity contribution in [1.82, 2.24) is 10.2 Å². The van der Waals surface area contributed by atoms with E-state index in [9.17, 15) is 4.79 Å². The molecule has 17 heavy (non-hydrogen) atoms. The zero-order valence-electron chi connectivity index (χ0n) is 11.0. The number of anilines is 1. The van der Waals surface area contributed by atoms with E-state index in [-0.39, 0.29) is 17.4 Å². The van der Waals surface area contributed by atoms with Crippen molar-refractivity contribution in [3.05, 3.63) is 11.8 Å². The van der Waals surface area contributed by atoms with E-state index in [4.69, 9.17) is 5.73 Å². The third-order valence-corrected chi connectivity index (χ3v) is 2.88. The summed E-state index contributed by atoms with van der Waals surface area (Å²) in [6.45, 7) is 8.09. The van der Waals surface area contributed by atoms with Gasteiger partial charge in [0.15, 0.2) is 0 Å². The van der Waals surface area contributed by atoms with Crippen molar-refractivity contribution >= 4 is 11.7 Å². The molecule has 1 aromatic heterocycles. The van der Waals surface area contributed by atoms with Gasteiger partial charge in [0.1, 0.15) is 5.82 Å². The highest BCUT2D eigenvalue weighted by atomic mass is 16.1. The quantitative estimate of drug-likeness (QED) is 0.746. The minimum Gasteiger partial charge on any atom is -0.327 e. The molecule has 0 spiro atoms. The van der Waals surface area contributed by atoms with Gasteiger partial charge in [-0.15, -0.1) is 0 Å². The number of rotatable bonds is 4. The van der Waals surface area contributed by atoms with Crippen LogP contribution in [-0.4, -0.2) is 22.1 Å². The van der Waals surface area contributed by atoms with Crippen LogP contribution in [0.1, 0.15) is 39.7 Å². The molecular formula is C12H22N4O. The van der Waals surface area contributed by atoms with E-state index in [0.717, 1.165) is 12.0 Å². The standard InChI is InChI=1S/C12H22N4O/c1-5-8-7-14-16-11(8)15-10(17)6-9(13)12(2,3)4/h7,9H,5-6,13H2,1-4H3,(H2,14,15,16,17). The molecule has 4 N–H and O–H groups in total. The first-order chi connectivity index (χ1) is 7.84. The smallest absolute Gasteiger partial charge is 0.227 e. The van der Waals surface area contributed by atoms with Gasteiger partial charge in [-0.1, -0.05) is 27.7 Å². The number of aryl methyl sites for hydroxylation is 1. The Bertz CT molecular complexity index is 378. The highest BCUT2D eigenvalue weighted by molar-refractivity contribution is 5.90. The van der Waals surface area contributed by atoms with Gasteiger partial charge in [0.2, 0.25) is 5.91 Å². The second-order valence-electron chi connectivity index (χ2n) is 5.35. The number of aromatic amines is 1. The van der Waals surface area contributed by atoms with Crippen LogP contribution in [0.3, 0.4) is 0 Å². The van der Waals surface area contributed by atoms with Crippen LogP contribution in [0, 0.1) is 5.41 Å². The number of aromatic nitrogens is 2. The molecule has 96 valence electrons. The van der Waals surface area contributed by atoms with Gasteiger partial charge in [-0.2, -0.15) is 5.10 Å². The van der Waals surface area contributed by atoms with Gasteiger partial charge in [0.05, 0.1) is 6.20 Å². The number of carbonyl (C=O) groups is 1. The third kappa shape index (κ3) is 3.85. The van der Waals surface area contributed by atoms with Crippen molar-refractivity contribution in [2.45, 2.75) is 46.6 Å². The first-order valence-corrected chi connectivity index (χ1v) is 5.92. The number of nitrogens with zero attached hydrogens (tertiary/aromatic N) is 1. The van der Waals surface area contributed by atoms with E-state index in [2.05, 4.69) is 15.5 Å². The fourth-order valence-corrected chi connectivity index (χ4v) is 1.38. The van der Waals surface area contributed by atoms with Crippen LogP contribution in [0.25, 0.3) is 0 Å². The van der Waals surface area contributed by atoms with E-state index in [1.54, 1.807) is 6.20 Å².